The first-order chi connectivity index (χ1) is 12.6. The molecule has 0 aliphatic heterocycles. The fourth-order valence-corrected chi connectivity index (χ4v) is 2.46. The molecule has 0 spiro atoms. The van der Waals surface area contributed by atoms with Gasteiger partial charge in [-0.3, -0.25) is 0 Å². The van der Waals surface area contributed by atoms with Crippen LogP contribution < -0.4 is 19.8 Å². The van der Waals surface area contributed by atoms with Crippen LogP contribution in [0.4, 0.5) is 0 Å². The first-order valence-electron chi connectivity index (χ1n) is 7.75. The highest BCUT2D eigenvalue weighted by molar-refractivity contribution is 5.90. The van der Waals surface area contributed by atoms with Crippen molar-refractivity contribution in [3.63, 3.8) is 0 Å². The molecule has 1 heterocycles. The maximum atomic E-state index is 12.1. The third-order valence-electron chi connectivity index (χ3n) is 3.65. The number of ether oxygens (including phenoxy) is 3. The van der Waals surface area contributed by atoms with Gasteiger partial charge in [-0.25, -0.2) is 9.59 Å². The maximum absolute atomic E-state index is 12.1. The summed E-state index contributed by atoms with van der Waals surface area (Å²) in [4.78, 5) is 23.4. The monoisotopic (exact) mass is 352 g/mol. The number of methoxy groups -OCH3 is 2. The molecule has 0 fully saturated rings. The molecule has 132 valence electrons. The van der Waals surface area contributed by atoms with Crippen molar-refractivity contribution in [3.8, 4) is 17.2 Å². The molecule has 0 bridgehead atoms. The van der Waals surface area contributed by atoms with E-state index in [2.05, 4.69) is 0 Å². The molecule has 6 heteroatoms. The van der Waals surface area contributed by atoms with Crippen LogP contribution >= 0.6 is 0 Å². The molecule has 0 aliphatic rings. The van der Waals surface area contributed by atoms with E-state index in [9.17, 15) is 9.59 Å². The van der Waals surface area contributed by atoms with Crippen molar-refractivity contribution in [1.29, 1.82) is 0 Å². The van der Waals surface area contributed by atoms with Gasteiger partial charge in [0.2, 0.25) is 0 Å². The van der Waals surface area contributed by atoms with Crippen LogP contribution in [0.25, 0.3) is 17.0 Å². The quantitative estimate of drug-likeness (QED) is 0.303. The summed E-state index contributed by atoms with van der Waals surface area (Å²) in [6, 6.07) is 13.1. The number of carbonyl (C=O) groups excluding carboxylic acids is 1. The Morgan fingerprint density at radius 3 is 2.62 bits per heavy atom. The predicted octanol–water partition coefficient (Wildman–Crippen LogP) is 3.43. The van der Waals surface area contributed by atoms with E-state index in [1.807, 2.05) is 0 Å². The Morgan fingerprint density at radius 2 is 1.85 bits per heavy atom. The Labute approximate surface area is 149 Å². The van der Waals surface area contributed by atoms with Gasteiger partial charge in [-0.1, -0.05) is 12.1 Å². The molecule has 26 heavy (non-hydrogen) atoms. The van der Waals surface area contributed by atoms with E-state index in [-0.39, 0.29) is 5.75 Å². The summed E-state index contributed by atoms with van der Waals surface area (Å²) >= 11 is 0. The van der Waals surface area contributed by atoms with E-state index in [1.165, 1.54) is 32.4 Å². The van der Waals surface area contributed by atoms with E-state index in [0.717, 1.165) is 5.39 Å². The van der Waals surface area contributed by atoms with Gasteiger partial charge in [0.05, 0.1) is 14.2 Å². The summed E-state index contributed by atoms with van der Waals surface area (Å²) in [6.45, 7) is 0. The third kappa shape index (κ3) is 3.75. The van der Waals surface area contributed by atoms with Crippen LogP contribution in [-0.2, 0) is 4.79 Å². The molecule has 0 radical (unpaired) electrons. The zero-order valence-electron chi connectivity index (χ0n) is 14.2. The summed E-state index contributed by atoms with van der Waals surface area (Å²) in [5, 5.41) is 0.737. The van der Waals surface area contributed by atoms with Crippen LogP contribution in [-0.4, -0.2) is 20.2 Å². The summed E-state index contributed by atoms with van der Waals surface area (Å²) in [6.07, 6.45) is 2.85. The lowest BCUT2D eigenvalue weighted by Gasteiger charge is -2.09. The first kappa shape index (κ1) is 17.3. The standard InChI is InChI=1S/C20H16O6/c1-23-16-5-3-4-14(20(16)24-2)8-11-18(21)25-15-9-6-13-7-10-19(22)26-17(13)12-15/h3-12H,1-2H3/b11-8+. The zero-order valence-corrected chi connectivity index (χ0v) is 14.2. The van der Waals surface area contributed by atoms with Crippen LogP contribution in [0.2, 0.25) is 0 Å². The topological polar surface area (TPSA) is 75.0 Å². The molecule has 0 unspecified atom stereocenters. The molecule has 3 rings (SSSR count). The Bertz CT molecular complexity index is 1030. The van der Waals surface area contributed by atoms with Crippen molar-refractivity contribution in [3.05, 3.63) is 70.6 Å². The number of benzene rings is 2. The fraction of sp³-hybridized carbons (Fsp3) is 0.100. The Morgan fingerprint density at radius 1 is 1.04 bits per heavy atom. The molecule has 6 nitrogen and oxygen atoms in total. The molecule has 0 amide bonds. The lowest BCUT2D eigenvalue weighted by atomic mass is 10.1. The second-order valence-corrected chi connectivity index (χ2v) is 5.29. The summed E-state index contributed by atoms with van der Waals surface area (Å²) in [7, 11) is 3.06. The predicted molar refractivity (Wildman–Crippen MR) is 96.7 cm³/mol. The fourth-order valence-electron chi connectivity index (χ4n) is 2.46. The van der Waals surface area contributed by atoms with Crippen molar-refractivity contribution >= 4 is 23.0 Å². The minimum absolute atomic E-state index is 0.277. The van der Waals surface area contributed by atoms with Crippen LogP contribution in [0.1, 0.15) is 5.56 Å². The van der Waals surface area contributed by atoms with Crippen LogP contribution in [0.3, 0.4) is 0 Å². The number of esters is 1. The maximum Gasteiger partial charge on any atom is 0.336 e. The van der Waals surface area contributed by atoms with Crippen molar-refractivity contribution in [2.45, 2.75) is 0 Å². The summed E-state index contributed by atoms with van der Waals surface area (Å²) < 4.78 is 20.9. The minimum Gasteiger partial charge on any atom is -0.493 e. The SMILES string of the molecule is COc1cccc(/C=C/C(=O)Oc2ccc3ccc(=O)oc3c2)c1OC. The summed E-state index contributed by atoms with van der Waals surface area (Å²) in [5.41, 5.74) is 0.556. The molecule has 0 saturated carbocycles. The first-order valence-corrected chi connectivity index (χ1v) is 7.75. The lowest BCUT2D eigenvalue weighted by molar-refractivity contribution is -0.128. The number of hydrogen-bond donors (Lipinski definition) is 0. The lowest BCUT2D eigenvalue weighted by Crippen LogP contribution is -2.04. The van der Waals surface area contributed by atoms with Crippen LogP contribution in [0.5, 0.6) is 17.2 Å². The van der Waals surface area contributed by atoms with Gasteiger partial charge in [-0.05, 0) is 30.3 Å². The van der Waals surface area contributed by atoms with Gasteiger partial charge in [-0.2, -0.15) is 0 Å². The Hall–Kier alpha value is -3.54. The van der Waals surface area contributed by atoms with E-state index < -0.39 is 11.6 Å². The molecule has 2 aromatic carbocycles. The van der Waals surface area contributed by atoms with Gasteiger partial charge in [-0.15, -0.1) is 0 Å². The van der Waals surface area contributed by atoms with E-state index in [1.54, 1.807) is 42.5 Å². The molecule has 1 aromatic heterocycles. The molecule has 0 saturated heterocycles. The van der Waals surface area contributed by atoms with Gasteiger partial charge in [0.25, 0.3) is 0 Å². The highest BCUT2D eigenvalue weighted by Crippen LogP contribution is 2.31. The number of para-hydroxylation sites is 1. The highest BCUT2D eigenvalue weighted by Gasteiger charge is 2.08. The number of fused-ring (bicyclic) bond motifs is 1. The van der Waals surface area contributed by atoms with Crippen molar-refractivity contribution < 1.29 is 23.4 Å². The van der Waals surface area contributed by atoms with Crippen molar-refractivity contribution in [1.82, 2.24) is 0 Å². The Balaban J connectivity index is 1.79. The number of hydrogen-bond acceptors (Lipinski definition) is 6. The normalized spacial score (nSPS) is 10.8. The van der Waals surface area contributed by atoms with E-state index in [4.69, 9.17) is 18.6 Å². The second kappa shape index (κ2) is 7.57. The van der Waals surface area contributed by atoms with Crippen LogP contribution in [0.15, 0.2) is 63.8 Å². The molecular weight excluding hydrogens is 336 g/mol. The zero-order chi connectivity index (χ0) is 18.5. The van der Waals surface area contributed by atoms with Gasteiger partial charge < -0.3 is 18.6 Å². The van der Waals surface area contributed by atoms with Crippen molar-refractivity contribution in [2.24, 2.45) is 0 Å². The Kier molecular flexibility index (Phi) is 5.03. The average Bonchev–Trinajstić information content (AvgIpc) is 2.65. The van der Waals surface area contributed by atoms with Crippen LogP contribution in [0, 0.1) is 0 Å². The second-order valence-electron chi connectivity index (χ2n) is 5.29. The molecular formula is C20H16O6. The van der Waals surface area contributed by atoms with E-state index >= 15 is 0 Å². The smallest absolute Gasteiger partial charge is 0.336 e. The van der Waals surface area contributed by atoms with Gasteiger partial charge in [0.1, 0.15) is 11.3 Å². The summed E-state index contributed by atoms with van der Waals surface area (Å²) in [5.74, 6) is 0.783. The van der Waals surface area contributed by atoms with E-state index in [0.29, 0.717) is 22.6 Å². The van der Waals surface area contributed by atoms with Gasteiger partial charge in [0.15, 0.2) is 11.5 Å². The van der Waals surface area contributed by atoms with Gasteiger partial charge >= 0.3 is 11.6 Å². The molecule has 0 N–H and O–H groups in total. The van der Waals surface area contributed by atoms with Crippen molar-refractivity contribution in [2.75, 3.05) is 14.2 Å². The molecule has 3 aromatic rings. The number of rotatable bonds is 5. The molecule has 0 atom stereocenters. The molecule has 0 aliphatic carbocycles. The number of carbonyl (C=O) groups is 1. The average molecular weight is 352 g/mol. The highest BCUT2D eigenvalue weighted by atomic mass is 16.5. The van der Waals surface area contributed by atoms with Gasteiger partial charge in [0, 0.05) is 29.2 Å². The minimum atomic E-state index is -0.576. The largest absolute Gasteiger partial charge is 0.493 e. The third-order valence-corrected chi connectivity index (χ3v) is 3.65.